The maximum atomic E-state index is 13.0. The van der Waals surface area contributed by atoms with E-state index in [4.69, 9.17) is 30.0 Å². The third-order valence-electron chi connectivity index (χ3n) is 24.2. The minimum absolute atomic E-state index is 0.0564. The molecule has 10 unspecified atom stereocenters. The standard InChI is InChI=1S/4C23H26N2O2/c2*1-12(2)17-11-21(26)14(4)18(23(17)27)10-20-22-16(7-8-24-20)15-6-5-13(3)9-19(15)25-22;2*1-12(2)21-17(23(27)14(4)10-20(21)26)11-19-22-16(7-8-24-19)15-6-5-13(3)9-18(15)25-22/h5-6,9,11-12,14,18,25H,7-8,10H2,1-4H3;5-6,9,11-12,14,18,22H,7-8,10H2,1-4H3;5-6,9-10,12,17,21,25H,7-8,11H2,1-4H3;5-6,9-10,12,17,21-22H,7-8,11H2,1-4H3. The van der Waals surface area contributed by atoms with E-state index in [0.29, 0.717) is 48.0 Å². The first-order valence-corrected chi connectivity index (χ1v) is 39.3. The highest BCUT2D eigenvalue weighted by Crippen LogP contribution is 2.40. The number of allylic oxidation sites excluding steroid dienone is 8. The predicted molar refractivity (Wildman–Crippen MR) is 429 cm³/mol. The van der Waals surface area contributed by atoms with Crippen LogP contribution in [0.5, 0.6) is 0 Å². The van der Waals surface area contributed by atoms with Crippen molar-refractivity contribution in [1.29, 1.82) is 0 Å². The molecule has 4 aliphatic carbocycles. The van der Waals surface area contributed by atoms with Crippen LogP contribution in [0.3, 0.4) is 0 Å². The number of aryl methyl sites for hydroxylation is 4. The van der Waals surface area contributed by atoms with Crippen LogP contribution >= 0.6 is 0 Å². The first kappa shape index (κ1) is 76.5. The Kier molecular flexibility index (Phi) is 22.0. The molecule has 16 rings (SSSR count). The molecule has 16 heteroatoms. The van der Waals surface area contributed by atoms with Gasteiger partial charge in [0, 0.05) is 141 Å². The average Bonchev–Trinajstić information content (AvgIpc) is 1.59. The van der Waals surface area contributed by atoms with E-state index in [1.165, 1.54) is 77.9 Å². The monoisotopic (exact) mass is 1450 g/mol. The smallest absolute Gasteiger partial charge is 0.163 e. The number of rotatable bonds is 12. The van der Waals surface area contributed by atoms with E-state index in [1.807, 2.05) is 69.2 Å². The summed E-state index contributed by atoms with van der Waals surface area (Å²) in [6.07, 6.45) is 11.9. The topological polar surface area (TPSA) is 242 Å². The summed E-state index contributed by atoms with van der Waals surface area (Å²) in [7, 11) is 0. The van der Waals surface area contributed by atoms with Crippen molar-refractivity contribution in [2.45, 2.75) is 174 Å². The summed E-state index contributed by atoms with van der Waals surface area (Å²) in [5.74, 6) is -1.32. The van der Waals surface area contributed by atoms with Crippen LogP contribution in [0.15, 0.2) is 149 Å². The number of fused-ring (bicyclic) bond motifs is 10. The van der Waals surface area contributed by atoms with Crippen LogP contribution in [-0.2, 0) is 51.2 Å². The SMILES string of the molecule is CC1=CC(=O)C(C(C)C)C(CC2=NCCC3=c4ccc(C)cc4=NC23)C1=O.CC1=CC(=O)C(C(C)C)C(CC2=NCCc3c2[nH]c2cc(C)ccc32)C1=O.Cc1ccc2c(c1)=NC1C(CC3C(=O)C(C(C)C)=CC(=O)C3C)=NCCC=21.Cc1ccc2c3c([nH]c2c1)C(CC1C(=O)C(C(C)C)=CC(=O)C1C)=NCC3. The maximum absolute atomic E-state index is 13.0. The number of nitrogens with one attached hydrogen (secondary N) is 2. The van der Waals surface area contributed by atoms with E-state index in [9.17, 15) is 38.4 Å². The molecule has 4 aromatic carbocycles. The minimum atomic E-state index is -0.322. The molecule has 2 N–H and O–H groups in total. The first-order chi connectivity index (χ1) is 51.5. The number of aromatic amines is 2. The van der Waals surface area contributed by atoms with Crippen LogP contribution in [0.1, 0.15) is 166 Å². The lowest BCUT2D eigenvalue weighted by atomic mass is 9.70. The Labute approximate surface area is 633 Å². The lowest BCUT2D eigenvalue weighted by Gasteiger charge is -2.33. The molecule has 8 heterocycles. The van der Waals surface area contributed by atoms with Crippen LogP contribution < -0.4 is 21.2 Å². The average molecular weight is 1450 g/mol. The number of hydrogen-bond donors (Lipinski definition) is 2. The van der Waals surface area contributed by atoms with Crippen LogP contribution in [0, 0.1) is 98.7 Å². The highest BCUT2D eigenvalue weighted by atomic mass is 16.2. The van der Waals surface area contributed by atoms with Gasteiger partial charge in [-0.1, -0.05) is 118 Å². The molecule has 0 saturated carbocycles. The highest BCUT2D eigenvalue weighted by molar-refractivity contribution is 6.17. The molecule has 10 aliphatic rings. The maximum Gasteiger partial charge on any atom is 0.163 e. The molecule has 108 heavy (non-hydrogen) atoms. The molecule has 0 saturated heterocycles. The van der Waals surface area contributed by atoms with Gasteiger partial charge in [0.05, 0.1) is 33.5 Å². The number of carbonyl (C=O) groups excluding carboxylic acids is 8. The van der Waals surface area contributed by atoms with Crippen molar-refractivity contribution in [3.05, 3.63) is 185 Å². The molecule has 6 aliphatic heterocycles. The van der Waals surface area contributed by atoms with Gasteiger partial charge in [0.1, 0.15) is 12.1 Å². The zero-order chi connectivity index (χ0) is 77.2. The molecule has 0 spiro atoms. The lowest BCUT2D eigenvalue weighted by molar-refractivity contribution is -0.131. The second-order valence-corrected chi connectivity index (χ2v) is 33.2. The Morgan fingerprint density at radius 3 is 1.17 bits per heavy atom. The molecule has 0 fully saturated rings. The van der Waals surface area contributed by atoms with Crippen molar-refractivity contribution in [3.63, 3.8) is 0 Å². The highest BCUT2D eigenvalue weighted by Gasteiger charge is 2.45. The zero-order valence-electron chi connectivity index (χ0n) is 65.8. The number of nitrogens with zero attached hydrogens (tertiary/aromatic N) is 6. The van der Waals surface area contributed by atoms with Gasteiger partial charge in [-0.2, -0.15) is 0 Å². The van der Waals surface area contributed by atoms with Gasteiger partial charge < -0.3 is 9.97 Å². The molecule has 2 aromatic heterocycles. The van der Waals surface area contributed by atoms with Gasteiger partial charge in [-0.25, -0.2) is 0 Å². The number of ketones is 8. The molecular formula is C92H104N8O8. The van der Waals surface area contributed by atoms with Gasteiger partial charge in [0.2, 0.25) is 0 Å². The number of H-pyrrole nitrogens is 2. The number of carbonyl (C=O) groups is 8. The number of hydrogen-bond acceptors (Lipinski definition) is 14. The minimum Gasteiger partial charge on any atom is -0.353 e. The molecule has 0 bridgehead atoms. The summed E-state index contributed by atoms with van der Waals surface area (Å²) in [6.45, 7) is 34.5. The largest absolute Gasteiger partial charge is 0.353 e. The predicted octanol–water partition coefficient (Wildman–Crippen LogP) is 13.1. The van der Waals surface area contributed by atoms with Crippen LogP contribution in [0.2, 0.25) is 0 Å². The van der Waals surface area contributed by atoms with Crippen LogP contribution in [0.25, 0.3) is 33.0 Å². The fourth-order valence-corrected chi connectivity index (χ4v) is 18.3. The second-order valence-electron chi connectivity index (χ2n) is 33.2. The zero-order valence-corrected chi connectivity index (χ0v) is 65.8. The first-order valence-electron chi connectivity index (χ1n) is 39.3. The van der Waals surface area contributed by atoms with Crippen LogP contribution in [-0.4, -0.2) is 117 Å². The van der Waals surface area contributed by atoms with Crippen molar-refractivity contribution >= 4 is 102 Å². The van der Waals surface area contributed by atoms with E-state index in [2.05, 4.69) is 110 Å². The third-order valence-corrected chi connectivity index (χ3v) is 24.2. The van der Waals surface area contributed by atoms with Gasteiger partial charge in [-0.05, 0) is 208 Å². The number of aromatic nitrogens is 2. The summed E-state index contributed by atoms with van der Waals surface area (Å²) < 4.78 is 0. The second kappa shape index (κ2) is 31.1. The van der Waals surface area contributed by atoms with Crippen molar-refractivity contribution in [2.24, 2.45) is 101 Å². The van der Waals surface area contributed by atoms with Crippen molar-refractivity contribution in [2.75, 3.05) is 26.2 Å². The van der Waals surface area contributed by atoms with E-state index in [0.717, 1.165) is 108 Å². The Bertz CT molecular complexity index is 5360. The normalized spacial score (nSPS) is 25.0. The van der Waals surface area contributed by atoms with Gasteiger partial charge in [0.25, 0.3) is 0 Å². The fraction of sp³-hybridized carbons (Fsp3) is 0.457. The summed E-state index contributed by atoms with van der Waals surface area (Å²) in [6, 6.07) is 25.6. The Morgan fingerprint density at radius 1 is 0.398 bits per heavy atom. The van der Waals surface area contributed by atoms with Gasteiger partial charge in [-0.15, -0.1) is 0 Å². The van der Waals surface area contributed by atoms with E-state index < -0.39 is 0 Å². The Balaban J connectivity index is 0.000000127. The lowest BCUT2D eigenvalue weighted by Crippen LogP contribution is -2.40. The molecule has 0 amide bonds. The summed E-state index contributed by atoms with van der Waals surface area (Å²) >= 11 is 0. The summed E-state index contributed by atoms with van der Waals surface area (Å²) in [4.78, 5) is 138. The van der Waals surface area contributed by atoms with E-state index >= 15 is 0 Å². The Hall–Kier alpha value is -9.70. The molecule has 560 valence electrons. The fourth-order valence-electron chi connectivity index (χ4n) is 18.3. The van der Waals surface area contributed by atoms with Gasteiger partial charge >= 0.3 is 0 Å². The van der Waals surface area contributed by atoms with Gasteiger partial charge in [0.15, 0.2) is 46.3 Å². The van der Waals surface area contributed by atoms with E-state index in [1.54, 1.807) is 26.0 Å². The third kappa shape index (κ3) is 14.9. The van der Waals surface area contributed by atoms with Crippen LogP contribution in [0.4, 0.5) is 0 Å². The molecule has 0 radical (unpaired) electrons. The number of aliphatic imine (C=N–C) groups is 4. The molecule has 10 atom stereocenters. The van der Waals surface area contributed by atoms with Crippen molar-refractivity contribution in [3.8, 4) is 0 Å². The van der Waals surface area contributed by atoms with Crippen molar-refractivity contribution in [1.82, 2.24) is 9.97 Å². The van der Waals surface area contributed by atoms with Gasteiger partial charge in [-0.3, -0.25) is 68.3 Å². The van der Waals surface area contributed by atoms with Crippen molar-refractivity contribution < 1.29 is 38.4 Å². The quantitative estimate of drug-likeness (QED) is 0.119. The Morgan fingerprint density at radius 2 is 0.759 bits per heavy atom. The molecule has 16 nitrogen and oxygen atoms in total. The summed E-state index contributed by atoms with van der Waals surface area (Å²) in [5, 5.41) is 6.99. The number of Topliss-reactive ketones (excluding diaryl/α,β-unsaturated/α-hetero) is 4. The number of benzene rings is 4. The molecule has 6 aromatic rings. The summed E-state index contributed by atoms with van der Waals surface area (Å²) in [5.41, 5.74) is 20.7. The van der Waals surface area contributed by atoms with E-state index in [-0.39, 0.29) is 129 Å². The molecular weight excluding hydrogens is 1350 g/mol.